The van der Waals surface area contributed by atoms with Crippen molar-refractivity contribution in [3.8, 4) is 28.2 Å². The first-order valence-corrected chi connectivity index (χ1v) is 11.1. The van der Waals surface area contributed by atoms with Crippen LogP contribution in [0.3, 0.4) is 0 Å². The van der Waals surface area contributed by atoms with Gasteiger partial charge < -0.3 is 4.57 Å². The predicted octanol–water partition coefficient (Wildman–Crippen LogP) is 7.07. The van der Waals surface area contributed by atoms with E-state index in [1.807, 2.05) is 36.7 Å². The van der Waals surface area contributed by atoms with Crippen LogP contribution in [0, 0.1) is 0 Å². The number of benzene rings is 2. The lowest BCUT2D eigenvalue weighted by Crippen LogP contribution is -1.98. The SMILES string of the molecule is Brc1ccc2c(c1)c1ccccc1n2-c1cc(-c2cccnc2)nc(-c2cccnc2)c1. The van der Waals surface area contributed by atoms with Gasteiger partial charge in [0.2, 0.25) is 0 Å². The Morgan fingerprint density at radius 1 is 0.625 bits per heavy atom. The highest BCUT2D eigenvalue weighted by atomic mass is 79.9. The number of pyridine rings is 3. The summed E-state index contributed by atoms with van der Waals surface area (Å²) in [5.41, 5.74) is 7.04. The molecule has 4 heterocycles. The molecule has 6 rings (SSSR count). The Kier molecular flexibility index (Phi) is 4.55. The van der Waals surface area contributed by atoms with Crippen molar-refractivity contribution in [3.05, 3.63) is 108 Å². The molecule has 0 aliphatic rings. The summed E-state index contributed by atoms with van der Waals surface area (Å²) in [6.45, 7) is 0. The Morgan fingerprint density at radius 3 is 1.94 bits per heavy atom. The first-order chi connectivity index (χ1) is 15.8. The molecule has 4 aromatic heterocycles. The Balaban J connectivity index is 1.70. The molecule has 32 heavy (non-hydrogen) atoms. The first-order valence-electron chi connectivity index (χ1n) is 10.3. The van der Waals surface area contributed by atoms with E-state index in [4.69, 9.17) is 4.98 Å². The van der Waals surface area contributed by atoms with Crippen LogP contribution in [-0.2, 0) is 0 Å². The minimum Gasteiger partial charge on any atom is -0.309 e. The maximum atomic E-state index is 4.96. The van der Waals surface area contributed by atoms with Gasteiger partial charge >= 0.3 is 0 Å². The largest absolute Gasteiger partial charge is 0.309 e. The van der Waals surface area contributed by atoms with Crippen LogP contribution in [0.2, 0.25) is 0 Å². The van der Waals surface area contributed by atoms with Gasteiger partial charge in [-0.15, -0.1) is 0 Å². The van der Waals surface area contributed by atoms with Crippen LogP contribution >= 0.6 is 15.9 Å². The van der Waals surface area contributed by atoms with E-state index in [0.29, 0.717) is 0 Å². The van der Waals surface area contributed by atoms with Gasteiger partial charge in [-0.05, 0) is 60.7 Å². The highest BCUT2D eigenvalue weighted by Crippen LogP contribution is 2.35. The molecule has 5 heteroatoms. The average molecular weight is 477 g/mol. The van der Waals surface area contributed by atoms with Gasteiger partial charge in [0.25, 0.3) is 0 Å². The van der Waals surface area contributed by atoms with E-state index in [1.54, 1.807) is 12.4 Å². The maximum Gasteiger partial charge on any atom is 0.0745 e. The highest BCUT2D eigenvalue weighted by Gasteiger charge is 2.15. The van der Waals surface area contributed by atoms with Crippen LogP contribution in [-0.4, -0.2) is 19.5 Å². The molecule has 4 nitrogen and oxygen atoms in total. The third-order valence-electron chi connectivity index (χ3n) is 5.62. The minimum atomic E-state index is 0.873. The second-order valence-electron chi connectivity index (χ2n) is 7.59. The third kappa shape index (κ3) is 3.18. The molecule has 0 spiro atoms. The molecule has 0 N–H and O–H groups in total. The van der Waals surface area contributed by atoms with E-state index >= 15 is 0 Å². The molecule has 0 unspecified atom stereocenters. The topological polar surface area (TPSA) is 43.6 Å². The van der Waals surface area contributed by atoms with Crippen LogP contribution < -0.4 is 0 Å². The first kappa shape index (κ1) is 18.9. The normalized spacial score (nSPS) is 11.3. The summed E-state index contributed by atoms with van der Waals surface area (Å²) in [6.07, 6.45) is 7.25. The highest BCUT2D eigenvalue weighted by molar-refractivity contribution is 9.10. The van der Waals surface area contributed by atoms with Gasteiger partial charge in [0, 0.05) is 51.2 Å². The number of hydrogen-bond donors (Lipinski definition) is 0. The zero-order chi connectivity index (χ0) is 21.5. The van der Waals surface area contributed by atoms with Crippen molar-refractivity contribution in [2.24, 2.45) is 0 Å². The van der Waals surface area contributed by atoms with Gasteiger partial charge in [-0.2, -0.15) is 0 Å². The quantitative estimate of drug-likeness (QED) is 0.274. The number of aromatic nitrogens is 4. The summed E-state index contributed by atoms with van der Waals surface area (Å²) >= 11 is 3.63. The molecule has 0 atom stereocenters. The van der Waals surface area contributed by atoms with Gasteiger partial charge in [-0.25, -0.2) is 4.98 Å². The molecule has 0 aliphatic carbocycles. The molecule has 0 fully saturated rings. The number of nitrogens with zero attached hydrogens (tertiary/aromatic N) is 4. The number of para-hydroxylation sites is 1. The number of halogens is 1. The number of rotatable bonds is 3. The minimum absolute atomic E-state index is 0.873. The van der Waals surface area contributed by atoms with Crippen LogP contribution in [0.1, 0.15) is 0 Å². The van der Waals surface area contributed by atoms with Crippen LogP contribution in [0.4, 0.5) is 0 Å². The fourth-order valence-corrected chi connectivity index (χ4v) is 4.55. The molecule has 0 aliphatic heterocycles. The van der Waals surface area contributed by atoms with Crippen LogP contribution in [0.15, 0.2) is 108 Å². The molecular formula is C27H17BrN4. The maximum absolute atomic E-state index is 4.96. The Bertz CT molecular complexity index is 1520. The van der Waals surface area contributed by atoms with Gasteiger partial charge in [-0.3, -0.25) is 9.97 Å². The molecule has 2 aromatic carbocycles. The summed E-state index contributed by atoms with van der Waals surface area (Å²) in [6, 6.07) is 27.1. The van der Waals surface area contributed by atoms with E-state index in [0.717, 1.165) is 43.7 Å². The summed E-state index contributed by atoms with van der Waals surface area (Å²) in [5, 5.41) is 2.42. The fourth-order valence-electron chi connectivity index (χ4n) is 4.19. The van der Waals surface area contributed by atoms with E-state index in [2.05, 4.69) is 85.1 Å². The average Bonchev–Trinajstić information content (AvgIpc) is 3.18. The Morgan fingerprint density at radius 2 is 1.28 bits per heavy atom. The molecule has 152 valence electrons. The molecule has 0 bridgehead atoms. The molecule has 0 saturated heterocycles. The number of hydrogen-bond acceptors (Lipinski definition) is 3. The predicted molar refractivity (Wildman–Crippen MR) is 133 cm³/mol. The molecular weight excluding hydrogens is 460 g/mol. The summed E-state index contributed by atoms with van der Waals surface area (Å²) < 4.78 is 3.37. The van der Waals surface area contributed by atoms with E-state index in [1.165, 1.54) is 10.8 Å². The van der Waals surface area contributed by atoms with Crippen molar-refractivity contribution in [1.29, 1.82) is 0 Å². The lowest BCUT2D eigenvalue weighted by molar-refractivity contribution is 1.15. The summed E-state index contributed by atoms with van der Waals surface area (Å²) in [5.74, 6) is 0. The zero-order valence-electron chi connectivity index (χ0n) is 17.0. The zero-order valence-corrected chi connectivity index (χ0v) is 18.6. The van der Waals surface area contributed by atoms with Crippen molar-refractivity contribution in [2.75, 3.05) is 0 Å². The van der Waals surface area contributed by atoms with Gasteiger partial charge in [0.1, 0.15) is 0 Å². The second kappa shape index (κ2) is 7.70. The number of fused-ring (bicyclic) bond motifs is 3. The molecule has 6 aromatic rings. The van der Waals surface area contributed by atoms with Crippen molar-refractivity contribution < 1.29 is 0 Å². The summed E-state index contributed by atoms with van der Waals surface area (Å²) in [4.78, 5) is 13.6. The van der Waals surface area contributed by atoms with Crippen molar-refractivity contribution in [3.63, 3.8) is 0 Å². The van der Waals surface area contributed by atoms with E-state index in [9.17, 15) is 0 Å². The van der Waals surface area contributed by atoms with Crippen LogP contribution in [0.25, 0.3) is 50.0 Å². The van der Waals surface area contributed by atoms with Crippen molar-refractivity contribution in [1.82, 2.24) is 19.5 Å². The summed E-state index contributed by atoms with van der Waals surface area (Å²) in [7, 11) is 0. The smallest absolute Gasteiger partial charge is 0.0745 e. The van der Waals surface area contributed by atoms with Gasteiger partial charge in [0.15, 0.2) is 0 Å². The Labute approximate surface area is 193 Å². The van der Waals surface area contributed by atoms with Crippen molar-refractivity contribution in [2.45, 2.75) is 0 Å². The fraction of sp³-hybridized carbons (Fsp3) is 0. The monoisotopic (exact) mass is 476 g/mol. The standard InChI is InChI=1S/C27H17BrN4/c28-20-9-10-27-23(13-20)22-7-1-2-8-26(22)32(27)21-14-24(18-5-3-11-29-16-18)31-25(15-21)19-6-4-12-30-17-19/h1-17H. The molecule has 0 radical (unpaired) electrons. The molecule has 0 amide bonds. The lowest BCUT2D eigenvalue weighted by Gasteiger charge is -2.13. The third-order valence-corrected chi connectivity index (χ3v) is 6.11. The van der Waals surface area contributed by atoms with Crippen molar-refractivity contribution >= 4 is 37.7 Å². The van der Waals surface area contributed by atoms with E-state index < -0.39 is 0 Å². The van der Waals surface area contributed by atoms with Gasteiger partial charge in [0.05, 0.1) is 28.1 Å². The Hall–Kier alpha value is -3.83. The van der Waals surface area contributed by atoms with Gasteiger partial charge in [-0.1, -0.05) is 34.1 Å². The molecule has 0 saturated carbocycles. The van der Waals surface area contributed by atoms with Crippen LogP contribution in [0.5, 0.6) is 0 Å². The van der Waals surface area contributed by atoms with E-state index in [-0.39, 0.29) is 0 Å². The lowest BCUT2D eigenvalue weighted by atomic mass is 10.1. The second-order valence-corrected chi connectivity index (χ2v) is 8.51.